The number of hydrogen-bond donors (Lipinski definition) is 1. The van der Waals surface area contributed by atoms with Gasteiger partial charge in [-0.25, -0.2) is 0 Å². The molecular weight excluding hydrogens is 388 g/mol. The van der Waals surface area contributed by atoms with E-state index in [0.29, 0.717) is 5.56 Å². The zero-order valence-corrected chi connectivity index (χ0v) is 17.6. The van der Waals surface area contributed by atoms with Crippen molar-refractivity contribution in [3.8, 4) is 38.9 Å². The zero-order chi connectivity index (χ0) is 20.9. The number of H-pyrrole nitrogens is 1. The van der Waals surface area contributed by atoms with Crippen molar-refractivity contribution in [2.24, 2.45) is 0 Å². The Balaban J connectivity index is 1.72. The highest BCUT2D eigenvalue weighted by molar-refractivity contribution is 7.15. The summed E-state index contributed by atoms with van der Waals surface area (Å²) in [6, 6.07) is 26.4. The van der Waals surface area contributed by atoms with Crippen LogP contribution in [0.3, 0.4) is 0 Å². The van der Waals surface area contributed by atoms with E-state index in [1.165, 1.54) is 4.88 Å². The van der Waals surface area contributed by atoms with Gasteiger partial charge in [0.1, 0.15) is 11.6 Å². The molecule has 0 spiro atoms. The number of rotatable bonds is 6. The standard InChI is InChI=1S/C26H22N2OS/c1-2-3-9-21-14-15-25(30-21)22-16-24(28-26(29)23(22)17-27)20-12-10-19(11-13-20)18-7-5-4-6-8-18/h4-8,10-16H,2-3,9H2,1H3,(H,28,29). The molecule has 4 rings (SSSR count). The fourth-order valence-corrected chi connectivity index (χ4v) is 4.57. The summed E-state index contributed by atoms with van der Waals surface area (Å²) >= 11 is 1.66. The van der Waals surface area contributed by atoms with Crippen molar-refractivity contribution in [3.05, 3.63) is 93.6 Å². The van der Waals surface area contributed by atoms with Gasteiger partial charge < -0.3 is 4.98 Å². The smallest absolute Gasteiger partial charge is 0.267 e. The molecule has 2 aromatic heterocycles. The van der Waals surface area contributed by atoms with Gasteiger partial charge in [0.2, 0.25) is 0 Å². The van der Waals surface area contributed by atoms with E-state index in [1.807, 2.05) is 42.5 Å². The van der Waals surface area contributed by atoms with Crippen molar-refractivity contribution >= 4 is 11.3 Å². The average Bonchev–Trinajstić information content (AvgIpc) is 3.27. The maximum atomic E-state index is 12.6. The normalized spacial score (nSPS) is 10.7. The van der Waals surface area contributed by atoms with E-state index in [9.17, 15) is 10.1 Å². The van der Waals surface area contributed by atoms with Gasteiger partial charge in [0.05, 0.1) is 0 Å². The summed E-state index contributed by atoms with van der Waals surface area (Å²) in [5.41, 5.74) is 4.43. The van der Waals surface area contributed by atoms with Crippen molar-refractivity contribution < 1.29 is 0 Å². The van der Waals surface area contributed by atoms with E-state index in [4.69, 9.17) is 0 Å². The Hall–Kier alpha value is -3.42. The number of aromatic amines is 1. The molecule has 1 N–H and O–H groups in total. The van der Waals surface area contributed by atoms with Crippen LogP contribution in [0.15, 0.2) is 77.6 Å². The Kier molecular flexibility index (Phi) is 5.92. The van der Waals surface area contributed by atoms with Gasteiger partial charge in [-0.3, -0.25) is 4.79 Å². The Bertz CT molecular complexity index is 1240. The van der Waals surface area contributed by atoms with Gasteiger partial charge in [-0.1, -0.05) is 67.9 Å². The minimum atomic E-state index is -0.347. The third-order valence-corrected chi connectivity index (χ3v) is 6.33. The molecule has 4 heteroatoms. The number of aromatic nitrogens is 1. The molecule has 0 aliphatic rings. The maximum absolute atomic E-state index is 12.6. The molecule has 2 aromatic carbocycles. The molecule has 0 aliphatic carbocycles. The molecule has 0 unspecified atom stereocenters. The first kappa shape index (κ1) is 19.9. The molecule has 0 saturated carbocycles. The quantitative estimate of drug-likeness (QED) is 0.387. The van der Waals surface area contributed by atoms with Crippen LogP contribution >= 0.6 is 11.3 Å². The van der Waals surface area contributed by atoms with Crippen LogP contribution in [0.5, 0.6) is 0 Å². The molecule has 4 aromatic rings. The van der Waals surface area contributed by atoms with Crippen LogP contribution in [-0.4, -0.2) is 4.98 Å². The van der Waals surface area contributed by atoms with E-state index < -0.39 is 0 Å². The van der Waals surface area contributed by atoms with Crippen molar-refractivity contribution in [1.29, 1.82) is 5.26 Å². The molecule has 0 radical (unpaired) electrons. The monoisotopic (exact) mass is 410 g/mol. The number of pyridine rings is 1. The first-order valence-electron chi connectivity index (χ1n) is 10.1. The van der Waals surface area contributed by atoms with E-state index in [-0.39, 0.29) is 11.1 Å². The number of hydrogen-bond acceptors (Lipinski definition) is 3. The lowest BCUT2D eigenvalue weighted by molar-refractivity contribution is 0.804. The second-order valence-electron chi connectivity index (χ2n) is 7.23. The number of benzene rings is 2. The number of nitrogens with zero attached hydrogens (tertiary/aromatic N) is 1. The number of thiophene rings is 1. The minimum absolute atomic E-state index is 0.170. The highest BCUT2D eigenvalue weighted by Gasteiger charge is 2.14. The molecule has 0 aliphatic heterocycles. The fourth-order valence-electron chi connectivity index (χ4n) is 3.50. The largest absolute Gasteiger partial charge is 0.321 e. The maximum Gasteiger partial charge on any atom is 0.267 e. The zero-order valence-electron chi connectivity index (χ0n) is 16.8. The topological polar surface area (TPSA) is 56.6 Å². The molecule has 0 amide bonds. The fraction of sp³-hybridized carbons (Fsp3) is 0.154. The number of nitrogens with one attached hydrogen (secondary N) is 1. The molecule has 0 saturated heterocycles. The predicted molar refractivity (Wildman–Crippen MR) is 125 cm³/mol. The van der Waals surface area contributed by atoms with Crippen LogP contribution in [0.2, 0.25) is 0 Å². The second-order valence-corrected chi connectivity index (χ2v) is 8.39. The molecule has 0 atom stereocenters. The van der Waals surface area contributed by atoms with Crippen LogP contribution in [-0.2, 0) is 6.42 Å². The third-order valence-electron chi connectivity index (χ3n) is 5.15. The molecule has 2 heterocycles. The van der Waals surface area contributed by atoms with Gasteiger partial charge in [-0.2, -0.15) is 5.26 Å². The molecule has 0 bridgehead atoms. The van der Waals surface area contributed by atoms with Crippen LogP contribution in [0.25, 0.3) is 32.8 Å². The lowest BCUT2D eigenvalue weighted by Crippen LogP contribution is -2.12. The second kappa shape index (κ2) is 8.94. The molecule has 148 valence electrons. The Morgan fingerprint density at radius 2 is 1.63 bits per heavy atom. The van der Waals surface area contributed by atoms with E-state index in [0.717, 1.165) is 46.5 Å². The summed E-state index contributed by atoms with van der Waals surface area (Å²) in [4.78, 5) is 17.8. The van der Waals surface area contributed by atoms with Gasteiger partial charge in [0.15, 0.2) is 0 Å². The van der Waals surface area contributed by atoms with Crippen LogP contribution < -0.4 is 5.56 Å². The summed E-state index contributed by atoms with van der Waals surface area (Å²) in [7, 11) is 0. The Morgan fingerprint density at radius 1 is 0.933 bits per heavy atom. The summed E-state index contributed by atoms with van der Waals surface area (Å²) in [5.74, 6) is 0. The predicted octanol–water partition coefficient (Wildman–Crippen LogP) is 6.65. The minimum Gasteiger partial charge on any atom is -0.321 e. The SMILES string of the molecule is CCCCc1ccc(-c2cc(-c3ccc(-c4ccccc4)cc3)[nH]c(=O)c2C#N)s1. The lowest BCUT2D eigenvalue weighted by Gasteiger charge is -2.08. The highest BCUT2D eigenvalue weighted by Crippen LogP contribution is 2.33. The van der Waals surface area contributed by atoms with Crippen molar-refractivity contribution in [2.45, 2.75) is 26.2 Å². The average molecular weight is 411 g/mol. The first-order chi connectivity index (χ1) is 14.7. The van der Waals surface area contributed by atoms with Gasteiger partial charge >= 0.3 is 0 Å². The molecular formula is C26H22N2OS. The van der Waals surface area contributed by atoms with Crippen molar-refractivity contribution in [3.63, 3.8) is 0 Å². The van der Waals surface area contributed by atoms with Crippen LogP contribution in [0, 0.1) is 11.3 Å². The number of nitriles is 1. The molecule has 30 heavy (non-hydrogen) atoms. The third kappa shape index (κ3) is 4.12. The molecule has 3 nitrogen and oxygen atoms in total. The lowest BCUT2D eigenvalue weighted by atomic mass is 10.0. The van der Waals surface area contributed by atoms with Crippen LogP contribution in [0.4, 0.5) is 0 Å². The highest BCUT2D eigenvalue weighted by atomic mass is 32.1. The van der Waals surface area contributed by atoms with Gasteiger partial charge in [-0.15, -0.1) is 11.3 Å². The van der Waals surface area contributed by atoms with Crippen molar-refractivity contribution in [2.75, 3.05) is 0 Å². The first-order valence-corrected chi connectivity index (χ1v) is 10.9. The molecule has 0 fully saturated rings. The van der Waals surface area contributed by atoms with E-state index >= 15 is 0 Å². The number of aryl methyl sites for hydroxylation is 1. The van der Waals surface area contributed by atoms with Crippen molar-refractivity contribution in [1.82, 2.24) is 4.98 Å². The summed E-state index contributed by atoms with van der Waals surface area (Å²) < 4.78 is 0. The van der Waals surface area contributed by atoms with Crippen LogP contribution in [0.1, 0.15) is 30.2 Å². The van der Waals surface area contributed by atoms with Gasteiger partial charge in [-0.05, 0) is 47.7 Å². The van der Waals surface area contributed by atoms with E-state index in [1.54, 1.807) is 11.3 Å². The van der Waals surface area contributed by atoms with Gasteiger partial charge in [0, 0.05) is 21.0 Å². The Labute approximate surface area is 180 Å². The summed E-state index contributed by atoms with van der Waals surface area (Å²) in [6.45, 7) is 2.17. The Morgan fingerprint density at radius 3 is 2.33 bits per heavy atom. The van der Waals surface area contributed by atoms with E-state index in [2.05, 4.69) is 48.3 Å². The number of unbranched alkanes of at least 4 members (excludes halogenated alkanes) is 1. The summed E-state index contributed by atoms with van der Waals surface area (Å²) in [6.07, 6.45) is 3.31. The van der Waals surface area contributed by atoms with Gasteiger partial charge in [0.25, 0.3) is 5.56 Å². The summed E-state index contributed by atoms with van der Waals surface area (Å²) in [5, 5.41) is 9.57.